The second-order valence-corrected chi connectivity index (χ2v) is 20.9. The van der Waals surface area contributed by atoms with Crippen molar-refractivity contribution in [1.82, 2.24) is 41.7 Å². The lowest BCUT2D eigenvalue weighted by molar-refractivity contribution is -0.141. The highest BCUT2D eigenvalue weighted by Gasteiger charge is 2.35. The number of nitrogens with zero attached hydrogens (tertiary/aromatic N) is 2. The number of carboxylic acid groups (broad SMARTS) is 2. The van der Waals surface area contributed by atoms with Crippen LogP contribution in [0.25, 0.3) is 5.57 Å². The number of imide groups is 1. The molecule has 1 aliphatic heterocycles. The summed E-state index contributed by atoms with van der Waals surface area (Å²) in [5.74, 6) is -8.21. The fourth-order valence-electron chi connectivity index (χ4n) is 8.05. The molecule has 26 nitrogen and oxygen atoms in total. The van der Waals surface area contributed by atoms with Gasteiger partial charge in [0.2, 0.25) is 41.4 Å². The number of benzene rings is 1. The molecule has 0 fully saturated rings. The topological polar surface area (TPSA) is 370 Å². The Balaban J connectivity index is 1.99. The summed E-state index contributed by atoms with van der Waals surface area (Å²) in [5, 5.41) is 33.3. The number of halogens is 1. The molecule has 5 atom stereocenters. The Morgan fingerprint density at radius 3 is 1.90 bits per heavy atom. The van der Waals surface area contributed by atoms with Crippen LogP contribution in [0.5, 0.6) is 0 Å². The number of hydrogen-bond donors (Lipinski definition) is 9. The number of nitrogens with two attached hydrogens (primary N) is 1. The predicted octanol–water partition coefficient (Wildman–Crippen LogP) is 0.555. The Bertz CT molecular complexity index is 2470. The Morgan fingerprint density at radius 1 is 0.768 bits per heavy atom. The number of carbonyl (C=O) groups excluding carboxylic acids is 9. The molecule has 0 radical (unpaired) electrons. The summed E-state index contributed by atoms with van der Waals surface area (Å²) in [6, 6.07) is -1.51. The minimum absolute atomic E-state index is 0.0328. The molecule has 10 N–H and O–H groups in total. The molecule has 10 amide bonds. The van der Waals surface area contributed by atoms with Crippen molar-refractivity contribution >= 4 is 82.6 Å². The molecule has 0 saturated carbocycles. The van der Waals surface area contributed by atoms with Crippen LogP contribution < -0.4 is 37.6 Å². The average molecular weight is 1180 g/mol. The molecule has 1 aromatic carbocycles. The molecule has 0 bridgehead atoms. The van der Waals surface area contributed by atoms with Gasteiger partial charge in [0.15, 0.2) is 0 Å². The summed E-state index contributed by atoms with van der Waals surface area (Å²) >= 11 is 0.982. The minimum Gasteiger partial charge on any atom is -0.480 e. The van der Waals surface area contributed by atoms with Gasteiger partial charge in [-0.15, -0.1) is 11.8 Å². The second-order valence-electron chi connectivity index (χ2n) is 19.8. The van der Waals surface area contributed by atoms with Crippen molar-refractivity contribution in [3.63, 3.8) is 0 Å². The number of rotatable bonds is 39. The first-order chi connectivity index (χ1) is 38.7. The van der Waals surface area contributed by atoms with Crippen molar-refractivity contribution in [3.05, 3.63) is 65.0 Å². The first kappa shape index (κ1) is 70.8. The third-order valence-corrected chi connectivity index (χ3v) is 13.0. The number of aryl methyl sites for hydroxylation is 1. The van der Waals surface area contributed by atoms with Crippen LogP contribution in [0.2, 0.25) is 0 Å². The van der Waals surface area contributed by atoms with Gasteiger partial charge < -0.3 is 71.7 Å². The van der Waals surface area contributed by atoms with Gasteiger partial charge in [0.05, 0.1) is 71.1 Å². The van der Waals surface area contributed by atoms with Gasteiger partial charge in [-0.1, -0.05) is 39.0 Å². The van der Waals surface area contributed by atoms with Crippen molar-refractivity contribution in [1.29, 1.82) is 0 Å². The van der Waals surface area contributed by atoms with Crippen LogP contribution >= 0.6 is 11.8 Å². The summed E-state index contributed by atoms with van der Waals surface area (Å²) in [7, 11) is 0. The molecule has 1 aromatic rings. The number of carboxylic acids is 1. The van der Waals surface area contributed by atoms with E-state index < -0.39 is 113 Å². The molecule has 0 saturated heterocycles. The van der Waals surface area contributed by atoms with Gasteiger partial charge in [-0.2, -0.15) is 0 Å². The molecule has 0 aromatic heterocycles. The zero-order valence-electron chi connectivity index (χ0n) is 47.7. The number of carbonyl (C=O) groups is 11. The van der Waals surface area contributed by atoms with E-state index in [1.54, 1.807) is 17.9 Å². The van der Waals surface area contributed by atoms with Crippen LogP contribution in [0.4, 0.5) is 9.18 Å². The molecule has 0 unspecified atom stereocenters. The maximum atomic E-state index is 14.5. The summed E-state index contributed by atoms with van der Waals surface area (Å²) in [6.07, 6.45) is 3.77. The van der Waals surface area contributed by atoms with E-state index in [1.165, 1.54) is 26.0 Å². The van der Waals surface area contributed by atoms with Crippen LogP contribution in [-0.4, -0.2) is 206 Å². The quantitative estimate of drug-likeness (QED) is 0.0247. The van der Waals surface area contributed by atoms with Crippen molar-refractivity contribution in [2.24, 2.45) is 11.1 Å². The van der Waals surface area contributed by atoms with Crippen LogP contribution in [0.15, 0.2) is 48.1 Å². The minimum atomic E-state index is -1.47. The van der Waals surface area contributed by atoms with E-state index in [0.29, 0.717) is 11.1 Å². The standard InChI is InChI=1S/C54H80FN9O17S/c1-9-37(39-28-38(55)12-11-33(39)2)27-34(3)48(54(6,7)8)63(18-10-16-58-51(73)40(29-42(56)65)62-50(72)35(4)59-49(71)36(5)60-53(76)77)47(70)32-82-31-41(52(74)75)61-43(66)15-19-78-21-23-80-25-26-81-24-22-79-20-17-57-44(67)30-64-45(68)13-14-46(64)69/h9,11-14,27-28,35-36,40-41,48,60H,10,15-26,29-32H2,1-8H3,(H2,56,65)(H,57,67)(H,58,73)(H,59,71)(H,61,66)(H,62,72)(H,74,75)(H,76,77)/b34-27+,37-9+/t35-,36-,40-,41-,48-/m0/s1. The Kier molecular flexibility index (Phi) is 31.9. The maximum absolute atomic E-state index is 14.5. The third kappa shape index (κ3) is 27.0. The van der Waals surface area contributed by atoms with E-state index in [0.717, 1.165) is 40.0 Å². The molecular weight excluding hydrogens is 1100 g/mol. The molecule has 1 aliphatic rings. The zero-order valence-corrected chi connectivity index (χ0v) is 48.5. The number of hydrogen-bond acceptors (Lipinski definition) is 16. The molecule has 0 aliphatic carbocycles. The molecular formula is C54H80FN9O17S. The lowest BCUT2D eigenvalue weighted by atomic mass is 9.80. The molecule has 2 rings (SSSR count). The first-order valence-electron chi connectivity index (χ1n) is 26.4. The highest BCUT2D eigenvalue weighted by molar-refractivity contribution is 8.00. The normalized spacial score (nSPS) is 14.5. The van der Waals surface area contributed by atoms with E-state index >= 15 is 0 Å². The van der Waals surface area contributed by atoms with E-state index in [-0.39, 0.29) is 103 Å². The monoisotopic (exact) mass is 1180 g/mol. The highest BCUT2D eigenvalue weighted by Crippen LogP contribution is 2.33. The van der Waals surface area contributed by atoms with Gasteiger partial charge >= 0.3 is 12.1 Å². The molecule has 456 valence electrons. The Labute approximate surface area is 480 Å². The smallest absolute Gasteiger partial charge is 0.405 e. The number of allylic oxidation sites excluding steroid dienone is 3. The molecule has 0 spiro atoms. The Hall–Kier alpha value is -7.27. The third-order valence-electron chi connectivity index (χ3n) is 12.0. The zero-order chi connectivity index (χ0) is 61.5. The van der Waals surface area contributed by atoms with Crippen molar-refractivity contribution < 1.29 is 86.3 Å². The van der Waals surface area contributed by atoms with Crippen molar-refractivity contribution in [2.45, 2.75) is 105 Å². The largest absolute Gasteiger partial charge is 0.480 e. The summed E-state index contributed by atoms with van der Waals surface area (Å²) in [5.41, 5.74) is 7.61. The van der Waals surface area contributed by atoms with Gasteiger partial charge in [-0.25, -0.2) is 14.0 Å². The van der Waals surface area contributed by atoms with Crippen LogP contribution in [0, 0.1) is 18.2 Å². The van der Waals surface area contributed by atoms with Gasteiger partial charge in [0.25, 0.3) is 11.8 Å². The number of thioether (sulfide) groups is 1. The van der Waals surface area contributed by atoms with Gasteiger partial charge in [0.1, 0.15) is 36.5 Å². The fraction of sp³-hybridized carbons (Fsp3) is 0.574. The fourth-order valence-corrected chi connectivity index (χ4v) is 8.97. The number of primary amides is 1. The first-order valence-corrected chi connectivity index (χ1v) is 27.6. The van der Waals surface area contributed by atoms with Crippen LogP contribution in [-0.2, 0) is 66.9 Å². The lowest BCUT2D eigenvalue weighted by Gasteiger charge is -2.41. The van der Waals surface area contributed by atoms with Crippen molar-refractivity contribution in [2.75, 3.05) is 90.5 Å². The van der Waals surface area contributed by atoms with E-state index in [9.17, 15) is 62.2 Å². The number of amides is 10. The number of aliphatic carboxylic acids is 1. The summed E-state index contributed by atoms with van der Waals surface area (Å²) in [6.45, 7) is 15.0. The SMILES string of the molecule is C/C=C(\C=C(/C)[C@H](N(CCCNC(=O)[C@H](CC(N)=O)NC(=O)[C@H](C)NC(=O)[C@H](C)NC(=O)O)C(=O)CSC[C@H](NC(=O)CCOCCOCCOCCOCCNC(=O)CN1C(=O)C=CC1=O)C(=O)O)C(C)(C)C)c1cc(F)ccc1C. The predicted molar refractivity (Wildman–Crippen MR) is 299 cm³/mol. The molecule has 82 heavy (non-hydrogen) atoms. The van der Waals surface area contributed by atoms with Gasteiger partial charge in [0, 0.05) is 44.0 Å². The maximum Gasteiger partial charge on any atom is 0.405 e. The summed E-state index contributed by atoms with van der Waals surface area (Å²) < 4.78 is 36.3. The Morgan fingerprint density at radius 2 is 1.34 bits per heavy atom. The number of ether oxygens (including phenoxy) is 4. The van der Waals surface area contributed by atoms with E-state index in [1.807, 2.05) is 52.1 Å². The van der Waals surface area contributed by atoms with Gasteiger partial charge in [-0.3, -0.25) is 48.1 Å². The number of nitrogens with one attached hydrogen (secondary N) is 6. The van der Waals surface area contributed by atoms with E-state index in [4.69, 9.17) is 29.8 Å². The van der Waals surface area contributed by atoms with Gasteiger partial charge in [-0.05, 0) is 80.9 Å². The van der Waals surface area contributed by atoms with Crippen molar-refractivity contribution in [3.8, 4) is 0 Å². The lowest BCUT2D eigenvalue weighted by Crippen LogP contribution is -2.56. The van der Waals surface area contributed by atoms with Crippen LogP contribution in [0.3, 0.4) is 0 Å². The molecule has 28 heteroatoms. The highest BCUT2D eigenvalue weighted by atomic mass is 32.2. The summed E-state index contributed by atoms with van der Waals surface area (Å²) in [4.78, 5) is 139. The average Bonchev–Trinajstić information content (AvgIpc) is 3.80. The second kappa shape index (κ2) is 37.0. The molecule has 1 heterocycles. The van der Waals surface area contributed by atoms with E-state index in [2.05, 4.69) is 26.6 Å². The van der Waals surface area contributed by atoms with Crippen LogP contribution in [0.1, 0.15) is 78.9 Å².